The molecule has 0 aliphatic heterocycles. The Bertz CT molecular complexity index is 7190. The monoisotopic (exact) mass is 2190 g/mol. The molecule has 0 saturated carbocycles. The summed E-state index contributed by atoms with van der Waals surface area (Å²) in [6.07, 6.45) is 0. The number of benzene rings is 23. The summed E-state index contributed by atoms with van der Waals surface area (Å²) in [6, 6.07) is 200. The van der Waals surface area contributed by atoms with Crippen molar-refractivity contribution in [1.29, 1.82) is 0 Å². The largest absolute Gasteiger partial charge is 0.358 e. The van der Waals surface area contributed by atoms with E-state index in [1.165, 1.54) is 179 Å². The minimum absolute atomic E-state index is 0. The van der Waals surface area contributed by atoms with Crippen LogP contribution in [0.15, 0.2) is 564 Å². The molecule has 0 aliphatic rings. The maximum atomic E-state index is 3.25. The number of aryl methyl sites for hydroxylation is 2. The van der Waals surface area contributed by atoms with Gasteiger partial charge in [-0.3, -0.25) is 0 Å². The van der Waals surface area contributed by atoms with Crippen LogP contribution in [0.5, 0.6) is 0 Å². The molecule has 0 N–H and O–H groups in total. The maximum Gasteiger partial charge on any atom is 0.179 e. The number of hydrogen-bond donors (Lipinski definition) is 0. The van der Waals surface area contributed by atoms with E-state index in [2.05, 4.69) is 503 Å². The number of nitrogens with zero attached hydrogens (tertiary/aromatic N) is 3. The van der Waals surface area contributed by atoms with E-state index < -0.39 is 8.07 Å². The molecule has 0 aliphatic carbocycles. The Hall–Kier alpha value is -13.5. The van der Waals surface area contributed by atoms with Crippen molar-refractivity contribution in [2.75, 3.05) is 0 Å². The quantitative estimate of drug-likeness (QED) is 0.0858. The Labute approximate surface area is 971 Å². The van der Waals surface area contributed by atoms with Crippen LogP contribution < -0.4 is 20.7 Å². The van der Waals surface area contributed by atoms with Gasteiger partial charge >= 0.3 is 0 Å². The summed E-state index contributed by atoms with van der Waals surface area (Å²) in [4.78, 5) is 0. The van der Waals surface area contributed by atoms with Gasteiger partial charge in [0.25, 0.3) is 0 Å². The minimum atomic E-state index is -2.30. The second kappa shape index (κ2) is 65.5. The van der Waals surface area contributed by atoms with Crippen LogP contribution in [0.2, 0.25) is 0 Å². The SMILES string of the molecule is CC.CC.CC.Cc1ccccc1.Cc1ccccc1.[CH2-]C.[CH2-]C.[CH2-]C.[CH3-].[CH3-].[CH3-].[Y].[Y].[Y].c1ccc(-n2c3c4ccccc4ccc3c3ccc4ccccc4c32)cc1.c1ccc(-n2c3c4ccccc4ccc3c3ccc4ccccc4c32)cc1.c1ccc(-n2c3c4ccccc4ccc3c3ccc4ccccc4c32)cc1.c1ccc([Si](c2ccccc2)(c2ccccc2)c2ccccc2)cc1.c1ccccc1.c1ccccc1. The molecule has 0 atom stereocenters. The second-order valence-electron chi connectivity index (χ2n) is 32.9. The van der Waals surface area contributed by atoms with E-state index >= 15 is 0 Å². The number of para-hydroxylation sites is 3. The molecular weight excluding hydrogens is 2050 g/mol. The molecule has 0 fully saturated rings. The zero-order valence-corrected chi connectivity index (χ0v) is 99.4. The number of hydrogen-bond acceptors (Lipinski definition) is 0. The van der Waals surface area contributed by atoms with Crippen molar-refractivity contribution in [3.63, 3.8) is 0 Å². The van der Waals surface area contributed by atoms with Crippen molar-refractivity contribution in [2.45, 2.75) is 76.2 Å². The molecule has 26 aromatic rings. The van der Waals surface area contributed by atoms with E-state index in [0.717, 1.165) is 0 Å². The smallest absolute Gasteiger partial charge is 0.179 e. The van der Waals surface area contributed by atoms with Gasteiger partial charge in [-0.25, -0.2) is 0 Å². The number of rotatable bonds is 7. The maximum absolute atomic E-state index is 3.25. The van der Waals surface area contributed by atoms with Crippen molar-refractivity contribution in [1.82, 2.24) is 13.7 Å². The second-order valence-corrected chi connectivity index (χ2v) is 36.8. The summed E-state index contributed by atoms with van der Waals surface area (Å²) < 4.78 is 7.32. The van der Waals surface area contributed by atoms with Crippen molar-refractivity contribution < 1.29 is 98.1 Å². The van der Waals surface area contributed by atoms with Crippen molar-refractivity contribution in [3.05, 3.63) is 618 Å². The van der Waals surface area contributed by atoms with Crippen LogP contribution in [0, 0.1) is 56.9 Å². The van der Waals surface area contributed by atoms with Crippen molar-refractivity contribution in [2.24, 2.45) is 0 Å². The van der Waals surface area contributed by atoms with Crippen LogP contribution in [0.1, 0.15) is 73.4 Å². The van der Waals surface area contributed by atoms with Gasteiger partial charge in [0, 0.05) is 180 Å². The average Bonchev–Trinajstić information content (AvgIpc) is 1.53. The molecule has 3 nitrogen and oxygen atoms in total. The van der Waals surface area contributed by atoms with Gasteiger partial charge in [0.1, 0.15) is 0 Å². The summed E-state index contributed by atoms with van der Waals surface area (Å²) in [5, 5.41) is 28.9. The summed E-state index contributed by atoms with van der Waals surface area (Å²) in [7, 11) is -2.30. The molecule has 23 aromatic carbocycles. The standard InChI is InChI=1S/3C26H17N.C24H20Si.2C7H8.2C6H6.3C2H6.3C2H5.3CH3.3Y/c3*1-2-10-20(11-3-1)27-25-21-12-6-4-8-18(21)14-16-23(25)24-17-15-19-9-5-7-13-22(19)26(24)27;1-5-13-21(14-6-1)25(22-15-7-2-8-16-22,23-17-9-3-10-18-23)24-19-11-4-12-20-24;2*1-7-5-3-2-4-6-7;2*1-2-4-6-5-3-1;6*1-2;;;;;;/h3*1-17H;1-20H;2*2-6H,1H3;2*1-6H;3*1-2H3;3*1H2,2H3;3*1H3;;;/q;;;;;;;;;;;6*-1;;;. The third-order valence-electron chi connectivity index (χ3n) is 24.7. The molecule has 0 amide bonds. The molecule has 7 heteroatoms. The van der Waals surface area contributed by atoms with Gasteiger partial charge in [-0.2, -0.15) is 20.8 Å². The van der Waals surface area contributed by atoms with Crippen LogP contribution in [0.4, 0.5) is 0 Å². The van der Waals surface area contributed by atoms with Gasteiger partial charge in [-0.1, -0.05) is 580 Å². The Kier molecular flexibility index (Phi) is 53.9. The molecule has 3 radical (unpaired) electrons. The first-order valence-electron chi connectivity index (χ1n) is 50.5. The first-order valence-corrected chi connectivity index (χ1v) is 52.5. The molecule has 0 unspecified atom stereocenters. The van der Waals surface area contributed by atoms with E-state index in [4.69, 9.17) is 0 Å². The first-order chi connectivity index (χ1) is 71.5. The normalized spacial score (nSPS) is 9.88. The van der Waals surface area contributed by atoms with Crippen LogP contribution in [0.3, 0.4) is 0 Å². The molecule has 747 valence electrons. The zero-order chi connectivity index (χ0) is 101. The summed E-state index contributed by atoms with van der Waals surface area (Å²) in [6.45, 7) is 31.2. The third-order valence-corrected chi connectivity index (χ3v) is 29.5. The van der Waals surface area contributed by atoms with Gasteiger partial charge in [-0.05, 0) is 103 Å². The number of fused-ring (bicyclic) bond motifs is 21. The summed E-state index contributed by atoms with van der Waals surface area (Å²) in [5.74, 6) is 0. The van der Waals surface area contributed by atoms with Crippen LogP contribution in [-0.2, 0) is 98.1 Å². The fourth-order valence-electron chi connectivity index (χ4n) is 18.7. The van der Waals surface area contributed by atoms with Crippen LogP contribution in [0.25, 0.3) is 147 Å². The van der Waals surface area contributed by atoms with E-state index in [1.807, 2.05) is 151 Å². The van der Waals surface area contributed by atoms with Gasteiger partial charge in [0.05, 0.1) is 33.1 Å². The fraction of sp³-hybridized carbons (Fsp3) is 0.0769. The van der Waals surface area contributed by atoms with Gasteiger partial charge in [0.15, 0.2) is 8.07 Å². The topological polar surface area (TPSA) is 14.8 Å². The predicted molar refractivity (Wildman–Crippen MR) is 659 cm³/mol. The third kappa shape index (κ3) is 29.2. The molecule has 3 heterocycles. The minimum Gasteiger partial charge on any atom is -0.358 e. The van der Waals surface area contributed by atoms with Crippen LogP contribution >= 0.6 is 0 Å². The fourth-order valence-corrected chi connectivity index (χ4v) is 23.5. The molecular formula is C143H141N3SiY3-6. The molecule has 26 rings (SSSR count). The summed E-state index contributed by atoms with van der Waals surface area (Å²) in [5.41, 5.74) is 13.9. The first kappa shape index (κ1) is 123. The Morgan fingerprint density at radius 1 is 0.140 bits per heavy atom. The van der Waals surface area contributed by atoms with Crippen molar-refractivity contribution >= 4 is 159 Å². The Balaban J connectivity index is 0.000000239. The molecule has 0 saturated heterocycles. The van der Waals surface area contributed by atoms with Gasteiger partial charge in [-0.15, -0.1) is 0 Å². The van der Waals surface area contributed by atoms with Gasteiger partial charge < -0.3 is 56.8 Å². The zero-order valence-electron chi connectivity index (χ0n) is 89.9. The summed E-state index contributed by atoms with van der Waals surface area (Å²) >= 11 is 0. The Morgan fingerprint density at radius 2 is 0.260 bits per heavy atom. The van der Waals surface area contributed by atoms with Gasteiger partial charge in [0.2, 0.25) is 0 Å². The van der Waals surface area contributed by atoms with Crippen molar-refractivity contribution in [3.8, 4) is 17.1 Å². The van der Waals surface area contributed by atoms with Crippen LogP contribution in [-0.4, -0.2) is 21.8 Å². The predicted octanol–water partition coefficient (Wildman–Crippen LogP) is 38.6. The van der Waals surface area contributed by atoms with E-state index in [1.54, 1.807) is 20.8 Å². The molecule has 150 heavy (non-hydrogen) atoms. The Morgan fingerprint density at radius 3 is 0.400 bits per heavy atom. The van der Waals surface area contributed by atoms with E-state index in [0.29, 0.717) is 0 Å². The molecule has 3 aromatic heterocycles. The molecule has 0 spiro atoms. The number of aromatic nitrogens is 3. The van der Waals surface area contributed by atoms with E-state index in [-0.39, 0.29) is 120 Å². The average molecular weight is 2200 g/mol. The molecule has 0 bridgehead atoms. The van der Waals surface area contributed by atoms with E-state index in [9.17, 15) is 0 Å².